The van der Waals surface area contributed by atoms with Crippen molar-refractivity contribution >= 4 is 5.69 Å². The van der Waals surface area contributed by atoms with E-state index in [-0.39, 0.29) is 10.6 Å². The van der Waals surface area contributed by atoms with E-state index in [1.807, 2.05) is 12.1 Å². The van der Waals surface area contributed by atoms with Gasteiger partial charge in [0.1, 0.15) is 0 Å². The first-order valence-electron chi connectivity index (χ1n) is 6.20. The summed E-state index contributed by atoms with van der Waals surface area (Å²) in [5.41, 5.74) is 1.59. The van der Waals surface area contributed by atoms with E-state index in [0.717, 1.165) is 25.1 Å². The molecule has 18 heavy (non-hydrogen) atoms. The molecule has 1 aromatic rings. The van der Waals surface area contributed by atoms with Crippen molar-refractivity contribution in [1.82, 2.24) is 4.90 Å². The molecule has 0 atom stereocenters. The van der Waals surface area contributed by atoms with Crippen LogP contribution in [0, 0.1) is 15.5 Å². The van der Waals surface area contributed by atoms with Gasteiger partial charge in [-0.05, 0) is 31.0 Å². The van der Waals surface area contributed by atoms with Gasteiger partial charge in [0, 0.05) is 18.7 Å². The van der Waals surface area contributed by atoms with Crippen molar-refractivity contribution in [3.63, 3.8) is 0 Å². The Morgan fingerprint density at radius 1 is 1.22 bits per heavy atom. The molecular formula is C14H22N2O2. The molecule has 0 amide bonds. The van der Waals surface area contributed by atoms with Crippen molar-refractivity contribution in [2.75, 3.05) is 13.6 Å². The van der Waals surface area contributed by atoms with Crippen molar-refractivity contribution in [3.05, 3.63) is 39.9 Å². The van der Waals surface area contributed by atoms with Gasteiger partial charge in [0.05, 0.1) is 4.92 Å². The Balaban J connectivity index is 2.49. The van der Waals surface area contributed by atoms with Crippen LogP contribution in [0.5, 0.6) is 0 Å². The molecule has 0 aliphatic heterocycles. The molecule has 0 heterocycles. The zero-order chi connectivity index (χ0) is 13.8. The molecule has 0 bridgehead atoms. The monoisotopic (exact) mass is 250 g/mol. The van der Waals surface area contributed by atoms with E-state index in [4.69, 9.17) is 0 Å². The highest BCUT2D eigenvalue weighted by Gasteiger charge is 2.11. The lowest BCUT2D eigenvalue weighted by Gasteiger charge is -2.23. The molecule has 0 radical (unpaired) electrons. The van der Waals surface area contributed by atoms with Gasteiger partial charge in [-0.1, -0.05) is 32.9 Å². The van der Waals surface area contributed by atoms with Crippen molar-refractivity contribution in [1.29, 1.82) is 0 Å². The van der Waals surface area contributed by atoms with Crippen LogP contribution in [0.1, 0.15) is 32.8 Å². The molecule has 0 saturated carbocycles. The average molecular weight is 250 g/mol. The Kier molecular flexibility index (Phi) is 4.84. The molecule has 0 fully saturated rings. The molecule has 0 aliphatic carbocycles. The van der Waals surface area contributed by atoms with E-state index in [2.05, 4.69) is 32.7 Å². The number of non-ortho nitro benzene ring substituents is 1. The molecule has 4 nitrogen and oxygen atoms in total. The molecule has 0 spiro atoms. The fourth-order valence-electron chi connectivity index (χ4n) is 1.64. The van der Waals surface area contributed by atoms with Gasteiger partial charge in [0.15, 0.2) is 0 Å². The zero-order valence-corrected chi connectivity index (χ0v) is 11.6. The third-order valence-corrected chi connectivity index (χ3v) is 2.84. The summed E-state index contributed by atoms with van der Waals surface area (Å²) in [6.07, 6.45) is 1.14. The van der Waals surface area contributed by atoms with Crippen LogP contribution in [0.15, 0.2) is 24.3 Å². The van der Waals surface area contributed by atoms with E-state index in [9.17, 15) is 10.1 Å². The minimum atomic E-state index is -0.368. The van der Waals surface area contributed by atoms with Crippen LogP contribution >= 0.6 is 0 Å². The highest BCUT2D eigenvalue weighted by atomic mass is 16.6. The summed E-state index contributed by atoms with van der Waals surface area (Å²) in [6.45, 7) is 8.54. The molecule has 0 N–H and O–H groups in total. The molecular weight excluding hydrogens is 228 g/mol. The smallest absolute Gasteiger partial charge is 0.269 e. The van der Waals surface area contributed by atoms with Gasteiger partial charge in [-0.2, -0.15) is 0 Å². The van der Waals surface area contributed by atoms with E-state index in [0.29, 0.717) is 5.41 Å². The molecule has 0 unspecified atom stereocenters. The highest BCUT2D eigenvalue weighted by molar-refractivity contribution is 5.32. The van der Waals surface area contributed by atoms with Crippen LogP contribution in [-0.2, 0) is 6.54 Å². The number of hydrogen-bond donors (Lipinski definition) is 0. The largest absolute Gasteiger partial charge is 0.302 e. The lowest BCUT2D eigenvalue weighted by Crippen LogP contribution is -2.23. The number of hydrogen-bond acceptors (Lipinski definition) is 3. The number of nitro groups is 1. The third-order valence-electron chi connectivity index (χ3n) is 2.84. The molecule has 0 aromatic heterocycles. The van der Waals surface area contributed by atoms with Crippen molar-refractivity contribution in [2.24, 2.45) is 5.41 Å². The number of rotatable bonds is 5. The second-order valence-corrected chi connectivity index (χ2v) is 5.97. The van der Waals surface area contributed by atoms with Gasteiger partial charge >= 0.3 is 0 Å². The molecule has 4 heteroatoms. The maximum Gasteiger partial charge on any atom is 0.269 e. The summed E-state index contributed by atoms with van der Waals surface area (Å²) in [7, 11) is 2.08. The van der Waals surface area contributed by atoms with Crippen LogP contribution in [-0.4, -0.2) is 23.4 Å². The SMILES string of the molecule is CN(CCC(C)(C)C)Cc1ccc([N+](=O)[O-])cc1. The number of nitro benzene ring substituents is 1. The summed E-state index contributed by atoms with van der Waals surface area (Å²) in [5, 5.41) is 10.5. The first-order valence-corrected chi connectivity index (χ1v) is 6.20. The summed E-state index contributed by atoms with van der Waals surface area (Å²) in [6, 6.07) is 6.78. The Morgan fingerprint density at radius 2 is 1.78 bits per heavy atom. The maximum atomic E-state index is 10.5. The van der Waals surface area contributed by atoms with Crippen molar-refractivity contribution in [3.8, 4) is 0 Å². The zero-order valence-electron chi connectivity index (χ0n) is 11.6. The van der Waals surface area contributed by atoms with Crippen LogP contribution in [0.3, 0.4) is 0 Å². The Hall–Kier alpha value is -1.42. The summed E-state index contributed by atoms with van der Waals surface area (Å²) in [5.74, 6) is 0. The van der Waals surface area contributed by atoms with Crippen LogP contribution in [0.25, 0.3) is 0 Å². The number of benzene rings is 1. The van der Waals surface area contributed by atoms with Crippen molar-refractivity contribution in [2.45, 2.75) is 33.7 Å². The fourth-order valence-corrected chi connectivity index (χ4v) is 1.64. The van der Waals surface area contributed by atoms with Crippen molar-refractivity contribution < 1.29 is 4.92 Å². The van der Waals surface area contributed by atoms with E-state index >= 15 is 0 Å². The lowest BCUT2D eigenvalue weighted by molar-refractivity contribution is -0.384. The van der Waals surface area contributed by atoms with E-state index in [1.165, 1.54) is 0 Å². The first-order chi connectivity index (χ1) is 8.28. The average Bonchev–Trinajstić information content (AvgIpc) is 2.26. The predicted octanol–water partition coefficient (Wildman–Crippen LogP) is 3.46. The van der Waals surface area contributed by atoms with E-state index < -0.39 is 0 Å². The maximum absolute atomic E-state index is 10.5. The topological polar surface area (TPSA) is 46.4 Å². The molecule has 0 aliphatic rings. The summed E-state index contributed by atoms with van der Waals surface area (Å²) < 4.78 is 0. The Labute approximate surface area is 109 Å². The first kappa shape index (κ1) is 14.6. The van der Waals surface area contributed by atoms with Gasteiger partial charge in [0.25, 0.3) is 5.69 Å². The van der Waals surface area contributed by atoms with Gasteiger partial charge in [-0.15, -0.1) is 0 Å². The Morgan fingerprint density at radius 3 is 2.22 bits per heavy atom. The molecule has 1 rings (SSSR count). The second-order valence-electron chi connectivity index (χ2n) is 5.97. The normalized spacial score (nSPS) is 11.8. The molecule has 0 saturated heterocycles. The highest BCUT2D eigenvalue weighted by Crippen LogP contribution is 2.19. The van der Waals surface area contributed by atoms with Gasteiger partial charge < -0.3 is 4.90 Å². The van der Waals surface area contributed by atoms with Crippen LogP contribution < -0.4 is 0 Å². The summed E-state index contributed by atoms with van der Waals surface area (Å²) in [4.78, 5) is 12.4. The summed E-state index contributed by atoms with van der Waals surface area (Å²) >= 11 is 0. The molecule has 1 aromatic carbocycles. The lowest BCUT2D eigenvalue weighted by atomic mass is 9.92. The quantitative estimate of drug-likeness (QED) is 0.594. The van der Waals surface area contributed by atoms with Crippen LogP contribution in [0.4, 0.5) is 5.69 Å². The second kappa shape index (κ2) is 5.96. The number of nitrogens with zero attached hydrogens (tertiary/aromatic N) is 2. The predicted molar refractivity (Wildman–Crippen MR) is 73.5 cm³/mol. The van der Waals surface area contributed by atoms with Gasteiger partial charge in [-0.25, -0.2) is 0 Å². The minimum Gasteiger partial charge on any atom is -0.302 e. The minimum absolute atomic E-state index is 0.149. The molecule has 100 valence electrons. The van der Waals surface area contributed by atoms with Gasteiger partial charge in [-0.3, -0.25) is 10.1 Å². The Bertz CT molecular complexity index is 393. The third kappa shape index (κ3) is 5.27. The van der Waals surface area contributed by atoms with Crippen LogP contribution in [0.2, 0.25) is 0 Å². The standard InChI is InChI=1S/C14H22N2O2/c1-14(2,3)9-10-15(4)11-12-5-7-13(8-6-12)16(17)18/h5-8H,9-11H2,1-4H3. The fraction of sp³-hybridized carbons (Fsp3) is 0.571. The van der Waals surface area contributed by atoms with E-state index in [1.54, 1.807) is 12.1 Å². The van der Waals surface area contributed by atoms with Gasteiger partial charge in [0.2, 0.25) is 0 Å².